The summed E-state index contributed by atoms with van der Waals surface area (Å²) in [6.45, 7) is 1.96. The minimum absolute atomic E-state index is 0.127. The van der Waals surface area contributed by atoms with E-state index in [1.807, 2.05) is 32.2 Å². The molecule has 0 spiro atoms. The number of pyridine rings is 1. The van der Waals surface area contributed by atoms with Crippen molar-refractivity contribution in [3.05, 3.63) is 64.2 Å². The van der Waals surface area contributed by atoms with Gasteiger partial charge in [0.2, 0.25) is 0 Å². The quantitative estimate of drug-likeness (QED) is 0.923. The summed E-state index contributed by atoms with van der Waals surface area (Å²) in [6.07, 6.45) is 2.49. The Balaban J connectivity index is 2.21. The summed E-state index contributed by atoms with van der Waals surface area (Å²) in [6, 6.07) is 9.07. The third-order valence-electron chi connectivity index (χ3n) is 3.10. The summed E-state index contributed by atoms with van der Waals surface area (Å²) >= 11 is 5.69. The molecule has 1 aromatic heterocycles. The number of hydrogen-bond donors (Lipinski definition) is 1. The number of benzene rings is 1. The maximum atomic E-state index is 13.4. The zero-order chi connectivity index (χ0) is 13.8. The molecule has 2 rings (SSSR count). The lowest BCUT2D eigenvalue weighted by Gasteiger charge is -2.17. The van der Waals surface area contributed by atoms with E-state index in [2.05, 4.69) is 10.3 Å². The molecule has 0 saturated heterocycles. The van der Waals surface area contributed by atoms with Crippen LogP contribution in [-0.2, 0) is 6.42 Å². The standard InChI is InChI=1S/C15H16ClFN2/c1-10-7-12(5-6-19-10)15(18-2)9-11-3-4-13(16)14(17)8-11/h3-8,15,18H,9H2,1-2H3. The van der Waals surface area contributed by atoms with E-state index in [1.54, 1.807) is 12.3 Å². The van der Waals surface area contributed by atoms with Crippen LogP contribution in [0.3, 0.4) is 0 Å². The van der Waals surface area contributed by atoms with Crippen LogP contribution in [0.25, 0.3) is 0 Å². The first-order chi connectivity index (χ1) is 9.10. The molecule has 2 nitrogen and oxygen atoms in total. The van der Waals surface area contributed by atoms with Gasteiger partial charge in [0.25, 0.3) is 0 Å². The smallest absolute Gasteiger partial charge is 0.142 e. The summed E-state index contributed by atoms with van der Waals surface area (Å²) in [7, 11) is 1.90. The summed E-state index contributed by atoms with van der Waals surface area (Å²) in [5.74, 6) is -0.375. The predicted octanol–water partition coefficient (Wildman–Crippen LogP) is 3.69. The molecule has 0 aliphatic rings. The molecule has 2 aromatic rings. The Morgan fingerprint density at radius 1 is 1.32 bits per heavy atom. The molecule has 1 heterocycles. The van der Waals surface area contributed by atoms with Crippen molar-refractivity contribution in [2.24, 2.45) is 0 Å². The molecule has 0 amide bonds. The Morgan fingerprint density at radius 2 is 2.11 bits per heavy atom. The number of nitrogens with zero attached hydrogens (tertiary/aromatic N) is 1. The van der Waals surface area contributed by atoms with Crippen molar-refractivity contribution in [3.63, 3.8) is 0 Å². The van der Waals surface area contributed by atoms with Gasteiger partial charge in [-0.1, -0.05) is 17.7 Å². The first-order valence-corrected chi connectivity index (χ1v) is 6.51. The van der Waals surface area contributed by atoms with Crippen LogP contribution in [-0.4, -0.2) is 12.0 Å². The molecule has 0 fully saturated rings. The molecule has 100 valence electrons. The zero-order valence-corrected chi connectivity index (χ0v) is 11.7. The van der Waals surface area contributed by atoms with Crippen LogP contribution in [0.2, 0.25) is 5.02 Å². The lowest BCUT2D eigenvalue weighted by molar-refractivity contribution is 0.583. The van der Waals surface area contributed by atoms with Gasteiger partial charge in [-0.25, -0.2) is 4.39 Å². The van der Waals surface area contributed by atoms with Crippen molar-refractivity contribution in [2.45, 2.75) is 19.4 Å². The van der Waals surface area contributed by atoms with Gasteiger partial charge in [0.05, 0.1) is 5.02 Å². The fourth-order valence-corrected chi connectivity index (χ4v) is 2.19. The molecule has 0 aliphatic carbocycles. The molecule has 1 N–H and O–H groups in total. The molecule has 4 heteroatoms. The Kier molecular flexibility index (Phi) is 4.51. The number of likely N-dealkylation sites (N-methyl/N-ethyl adjacent to an activating group) is 1. The van der Waals surface area contributed by atoms with Crippen molar-refractivity contribution in [3.8, 4) is 0 Å². The number of halogens is 2. The average Bonchev–Trinajstić information content (AvgIpc) is 2.40. The van der Waals surface area contributed by atoms with Gasteiger partial charge in [0.1, 0.15) is 5.82 Å². The van der Waals surface area contributed by atoms with Gasteiger partial charge in [0.15, 0.2) is 0 Å². The van der Waals surface area contributed by atoms with Gasteiger partial charge >= 0.3 is 0 Å². The highest BCUT2D eigenvalue weighted by Gasteiger charge is 2.11. The number of aromatic nitrogens is 1. The maximum Gasteiger partial charge on any atom is 0.142 e. The predicted molar refractivity (Wildman–Crippen MR) is 75.9 cm³/mol. The third kappa shape index (κ3) is 3.52. The fraction of sp³-hybridized carbons (Fsp3) is 0.267. The minimum atomic E-state index is -0.375. The van der Waals surface area contributed by atoms with Crippen molar-refractivity contribution in [1.29, 1.82) is 0 Å². The van der Waals surface area contributed by atoms with Gasteiger partial charge < -0.3 is 5.32 Å². The molecule has 1 aromatic carbocycles. The maximum absolute atomic E-state index is 13.4. The molecular formula is C15H16ClFN2. The number of nitrogens with one attached hydrogen (secondary N) is 1. The van der Waals surface area contributed by atoms with Gasteiger partial charge in [-0.3, -0.25) is 4.98 Å². The summed E-state index contributed by atoms with van der Waals surface area (Å²) in [4.78, 5) is 4.18. The van der Waals surface area contributed by atoms with Crippen molar-refractivity contribution in [2.75, 3.05) is 7.05 Å². The highest BCUT2D eigenvalue weighted by Crippen LogP contribution is 2.21. The van der Waals surface area contributed by atoms with E-state index in [0.717, 1.165) is 16.8 Å². The summed E-state index contributed by atoms with van der Waals surface area (Å²) in [5, 5.41) is 3.40. The van der Waals surface area contributed by atoms with E-state index in [4.69, 9.17) is 11.6 Å². The molecule has 0 bridgehead atoms. The number of hydrogen-bond acceptors (Lipinski definition) is 2. The fourth-order valence-electron chi connectivity index (χ4n) is 2.07. The lowest BCUT2D eigenvalue weighted by Crippen LogP contribution is -2.19. The largest absolute Gasteiger partial charge is 0.313 e. The van der Waals surface area contributed by atoms with E-state index in [-0.39, 0.29) is 16.9 Å². The van der Waals surface area contributed by atoms with Gasteiger partial charge in [-0.05, 0) is 55.8 Å². The second-order valence-electron chi connectivity index (χ2n) is 4.52. The van der Waals surface area contributed by atoms with Crippen LogP contribution >= 0.6 is 11.6 Å². The van der Waals surface area contributed by atoms with Crippen molar-refractivity contribution >= 4 is 11.6 Å². The third-order valence-corrected chi connectivity index (χ3v) is 3.40. The highest BCUT2D eigenvalue weighted by molar-refractivity contribution is 6.30. The second-order valence-corrected chi connectivity index (χ2v) is 4.93. The first kappa shape index (κ1) is 14.0. The van der Waals surface area contributed by atoms with Gasteiger partial charge in [0, 0.05) is 17.9 Å². The van der Waals surface area contributed by atoms with Crippen molar-refractivity contribution in [1.82, 2.24) is 10.3 Å². The second kappa shape index (κ2) is 6.13. The van der Waals surface area contributed by atoms with Gasteiger partial charge in [-0.2, -0.15) is 0 Å². The van der Waals surface area contributed by atoms with Crippen LogP contribution < -0.4 is 5.32 Å². The van der Waals surface area contributed by atoms with Crippen LogP contribution in [0.4, 0.5) is 4.39 Å². The molecule has 19 heavy (non-hydrogen) atoms. The van der Waals surface area contributed by atoms with E-state index >= 15 is 0 Å². The van der Waals surface area contributed by atoms with Crippen molar-refractivity contribution < 1.29 is 4.39 Å². The molecule has 0 radical (unpaired) electrons. The monoisotopic (exact) mass is 278 g/mol. The van der Waals surface area contributed by atoms with Crippen LogP contribution in [0.1, 0.15) is 22.9 Å². The Labute approximate surface area is 117 Å². The van der Waals surface area contributed by atoms with E-state index in [0.29, 0.717) is 6.42 Å². The lowest BCUT2D eigenvalue weighted by atomic mass is 9.99. The highest BCUT2D eigenvalue weighted by atomic mass is 35.5. The molecule has 1 unspecified atom stereocenters. The Morgan fingerprint density at radius 3 is 2.74 bits per heavy atom. The molecule has 1 atom stereocenters. The normalized spacial score (nSPS) is 12.4. The van der Waals surface area contributed by atoms with E-state index in [1.165, 1.54) is 6.07 Å². The number of aryl methyl sites for hydroxylation is 1. The zero-order valence-electron chi connectivity index (χ0n) is 11.0. The Bertz CT molecular complexity index is 572. The first-order valence-electron chi connectivity index (χ1n) is 6.14. The molecular weight excluding hydrogens is 263 g/mol. The Hall–Kier alpha value is -1.45. The van der Waals surface area contributed by atoms with E-state index in [9.17, 15) is 4.39 Å². The average molecular weight is 279 g/mol. The summed E-state index contributed by atoms with van der Waals surface area (Å²) in [5.41, 5.74) is 3.03. The summed E-state index contributed by atoms with van der Waals surface area (Å²) < 4.78 is 13.4. The van der Waals surface area contributed by atoms with Crippen LogP contribution in [0, 0.1) is 12.7 Å². The molecule has 0 saturated carbocycles. The molecule has 0 aliphatic heterocycles. The minimum Gasteiger partial charge on any atom is -0.313 e. The van der Waals surface area contributed by atoms with Gasteiger partial charge in [-0.15, -0.1) is 0 Å². The van der Waals surface area contributed by atoms with Crippen LogP contribution in [0.5, 0.6) is 0 Å². The van der Waals surface area contributed by atoms with Crippen LogP contribution in [0.15, 0.2) is 36.5 Å². The van der Waals surface area contributed by atoms with E-state index < -0.39 is 0 Å². The number of rotatable bonds is 4. The topological polar surface area (TPSA) is 24.9 Å². The SMILES string of the molecule is CNC(Cc1ccc(Cl)c(F)c1)c1ccnc(C)c1.